The fraction of sp³-hybridized carbons (Fsp3) is 0.143. The van der Waals surface area contributed by atoms with Crippen LogP contribution in [0.5, 0.6) is 5.75 Å². The summed E-state index contributed by atoms with van der Waals surface area (Å²) < 4.78 is 19.7. The van der Waals surface area contributed by atoms with E-state index in [0.717, 1.165) is 0 Å². The zero-order valence-electron chi connectivity index (χ0n) is 10.9. The Morgan fingerprint density at radius 2 is 2.05 bits per heavy atom. The first-order valence-electron chi connectivity index (χ1n) is 6.05. The van der Waals surface area contributed by atoms with Gasteiger partial charge in [-0.1, -0.05) is 22.0 Å². The van der Waals surface area contributed by atoms with Gasteiger partial charge in [0.15, 0.2) is 11.6 Å². The standard InChI is InChI=1S/C14H12BrFN2O3/c15-11-3-2-10(13(6-11)18(19)20)8-21-14-4-1-9(7-17)5-12(14)16/h1-6H,7-8,17H2. The monoisotopic (exact) mass is 354 g/mol. The summed E-state index contributed by atoms with van der Waals surface area (Å²) in [5.41, 5.74) is 6.35. The van der Waals surface area contributed by atoms with Crippen molar-refractivity contribution < 1.29 is 14.1 Å². The summed E-state index contributed by atoms with van der Waals surface area (Å²) >= 11 is 3.17. The van der Waals surface area contributed by atoms with Crippen LogP contribution in [-0.2, 0) is 13.2 Å². The molecule has 0 aliphatic heterocycles. The van der Waals surface area contributed by atoms with Crippen LogP contribution in [0.15, 0.2) is 40.9 Å². The van der Waals surface area contributed by atoms with E-state index in [-0.39, 0.29) is 24.6 Å². The molecule has 2 aromatic carbocycles. The highest BCUT2D eigenvalue weighted by Crippen LogP contribution is 2.26. The zero-order valence-corrected chi connectivity index (χ0v) is 12.5. The lowest BCUT2D eigenvalue weighted by Gasteiger charge is -2.09. The molecule has 110 valence electrons. The molecule has 0 aliphatic rings. The fourth-order valence-corrected chi connectivity index (χ4v) is 2.12. The number of hydrogen-bond acceptors (Lipinski definition) is 4. The minimum Gasteiger partial charge on any atom is -0.486 e. The predicted molar refractivity (Wildman–Crippen MR) is 79.4 cm³/mol. The Bertz CT molecular complexity index is 679. The van der Waals surface area contributed by atoms with E-state index in [1.54, 1.807) is 18.2 Å². The third kappa shape index (κ3) is 3.77. The summed E-state index contributed by atoms with van der Waals surface area (Å²) in [6.45, 7) is 0.137. The molecule has 21 heavy (non-hydrogen) atoms. The van der Waals surface area contributed by atoms with E-state index in [9.17, 15) is 14.5 Å². The summed E-state index contributed by atoms with van der Waals surface area (Å²) in [5.74, 6) is -0.512. The van der Waals surface area contributed by atoms with Crippen LogP contribution in [0.1, 0.15) is 11.1 Å². The highest BCUT2D eigenvalue weighted by atomic mass is 79.9. The van der Waals surface area contributed by atoms with Gasteiger partial charge in [0.25, 0.3) is 5.69 Å². The van der Waals surface area contributed by atoms with Crippen molar-refractivity contribution in [2.24, 2.45) is 5.73 Å². The number of halogens is 2. The minimum atomic E-state index is -0.544. The Morgan fingerprint density at radius 1 is 1.29 bits per heavy atom. The van der Waals surface area contributed by atoms with Crippen LogP contribution in [0.3, 0.4) is 0 Å². The Morgan fingerprint density at radius 3 is 2.67 bits per heavy atom. The number of ether oxygens (including phenoxy) is 1. The molecule has 0 heterocycles. The number of nitrogens with two attached hydrogens (primary N) is 1. The van der Waals surface area contributed by atoms with Crippen molar-refractivity contribution in [3.63, 3.8) is 0 Å². The van der Waals surface area contributed by atoms with Crippen LogP contribution in [-0.4, -0.2) is 4.92 Å². The summed E-state index contributed by atoms with van der Waals surface area (Å²) in [7, 11) is 0. The second kappa shape index (κ2) is 6.64. The second-order valence-electron chi connectivity index (χ2n) is 4.29. The molecule has 5 nitrogen and oxygen atoms in total. The van der Waals surface area contributed by atoms with Gasteiger partial charge in [0.2, 0.25) is 0 Å². The molecule has 0 unspecified atom stereocenters. The molecule has 2 N–H and O–H groups in total. The number of hydrogen-bond donors (Lipinski definition) is 1. The van der Waals surface area contributed by atoms with Crippen LogP contribution in [0.4, 0.5) is 10.1 Å². The molecule has 0 saturated heterocycles. The topological polar surface area (TPSA) is 78.4 Å². The van der Waals surface area contributed by atoms with Gasteiger partial charge < -0.3 is 10.5 Å². The van der Waals surface area contributed by atoms with E-state index in [1.807, 2.05) is 0 Å². The molecule has 0 amide bonds. The van der Waals surface area contributed by atoms with Crippen molar-refractivity contribution in [3.05, 3.63) is 67.9 Å². The normalized spacial score (nSPS) is 10.4. The number of nitro groups is 1. The summed E-state index contributed by atoms with van der Waals surface area (Å²) in [5, 5.41) is 11.0. The van der Waals surface area contributed by atoms with E-state index in [1.165, 1.54) is 18.2 Å². The Labute approximate surface area is 128 Å². The fourth-order valence-electron chi connectivity index (χ4n) is 1.77. The third-order valence-corrected chi connectivity index (χ3v) is 3.35. The van der Waals surface area contributed by atoms with Gasteiger partial charge in [0, 0.05) is 17.1 Å². The van der Waals surface area contributed by atoms with Gasteiger partial charge in [-0.2, -0.15) is 0 Å². The van der Waals surface area contributed by atoms with Crippen molar-refractivity contribution in [1.29, 1.82) is 0 Å². The first-order valence-corrected chi connectivity index (χ1v) is 6.84. The van der Waals surface area contributed by atoms with E-state index in [0.29, 0.717) is 15.6 Å². The largest absolute Gasteiger partial charge is 0.486 e. The maximum absolute atomic E-state index is 13.7. The zero-order chi connectivity index (χ0) is 15.4. The first kappa shape index (κ1) is 15.4. The summed E-state index contributed by atoms with van der Waals surface area (Å²) in [6.07, 6.45) is 0. The molecule has 0 bridgehead atoms. The molecule has 7 heteroatoms. The van der Waals surface area contributed by atoms with Crippen LogP contribution >= 0.6 is 15.9 Å². The number of nitrogens with zero attached hydrogens (tertiary/aromatic N) is 1. The van der Waals surface area contributed by atoms with E-state index < -0.39 is 10.7 Å². The number of benzene rings is 2. The average Bonchev–Trinajstić information content (AvgIpc) is 2.46. The van der Waals surface area contributed by atoms with E-state index in [4.69, 9.17) is 10.5 Å². The third-order valence-electron chi connectivity index (χ3n) is 2.86. The maximum atomic E-state index is 13.7. The molecule has 2 rings (SSSR count). The Balaban J connectivity index is 2.18. The van der Waals surface area contributed by atoms with Crippen LogP contribution in [0.2, 0.25) is 0 Å². The van der Waals surface area contributed by atoms with Crippen molar-refractivity contribution in [1.82, 2.24) is 0 Å². The van der Waals surface area contributed by atoms with Crippen molar-refractivity contribution >= 4 is 21.6 Å². The van der Waals surface area contributed by atoms with Gasteiger partial charge in [-0.05, 0) is 29.8 Å². The predicted octanol–water partition coefficient (Wildman–Crippen LogP) is 3.53. The molecule has 0 fully saturated rings. The highest BCUT2D eigenvalue weighted by molar-refractivity contribution is 9.10. The van der Waals surface area contributed by atoms with Gasteiger partial charge in [0.1, 0.15) is 6.61 Å². The highest BCUT2D eigenvalue weighted by Gasteiger charge is 2.15. The molecular weight excluding hydrogens is 343 g/mol. The van der Waals surface area contributed by atoms with E-state index >= 15 is 0 Å². The van der Waals surface area contributed by atoms with E-state index in [2.05, 4.69) is 15.9 Å². The SMILES string of the molecule is NCc1ccc(OCc2ccc(Br)cc2[N+](=O)[O-])c(F)c1. The number of nitro benzene ring substituents is 1. The lowest BCUT2D eigenvalue weighted by molar-refractivity contribution is -0.385. The van der Waals surface area contributed by atoms with Gasteiger partial charge in [-0.25, -0.2) is 4.39 Å². The van der Waals surface area contributed by atoms with Gasteiger partial charge >= 0.3 is 0 Å². The Kier molecular flexibility index (Phi) is 4.87. The first-order chi connectivity index (χ1) is 10.0. The van der Waals surface area contributed by atoms with Crippen molar-refractivity contribution in [3.8, 4) is 5.75 Å². The van der Waals surface area contributed by atoms with Gasteiger partial charge in [-0.15, -0.1) is 0 Å². The lowest BCUT2D eigenvalue weighted by Crippen LogP contribution is -2.03. The molecule has 0 aromatic heterocycles. The smallest absolute Gasteiger partial charge is 0.277 e. The number of rotatable bonds is 5. The van der Waals surface area contributed by atoms with Crippen LogP contribution < -0.4 is 10.5 Å². The minimum absolute atomic E-state index is 0.0319. The van der Waals surface area contributed by atoms with Crippen LogP contribution in [0.25, 0.3) is 0 Å². The molecule has 0 radical (unpaired) electrons. The Hall–Kier alpha value is -1.99. The second-order valence-corrected chi connectivity index (χ2v) is 5.20. The summed E-state index contributed by atoms with van der Waals surface area (Å²) in [6, 6.07) is 9.00. The molecule has 2 aromatic rings. The summed E-state index contributed by atoms with van der Waals surface area (Å²) in [4.78, 5) is 10.5. The average molecular weight is 355 g/mol. The quantitative estimate of drug-likeness (QED) is 0.657. The molecule has 0 saturated carbocycles. The van der Waals surface area contributed by atoms with Crippen molar-refractivity contribution in [2.75, 3.05) is 0 Å². The lowest BCUT2D eigenvalue weighted by atomic mass is 10.2. The molecule has 0 spiro atoms. The van der Waals surface area contributed by atoms with Crippen molar-refractivity contribution in [2.45, 2.75) is 13.2 Å². The van der Waals surface area contributed by atoms with Gasteiger partial charge in [-0.3, -0.25) is 10.1 Å². The van der Waals surface area contributed by atoms with Gasteiger partial charge in [0.05, 0.1) is 10.5 Å². The van der Waals surface area contributed by atoms with Crippen LogP contribution in [0, 0.1) is 15.9 Å². The maximum Gasteiger partial charge on any atom is 0.277 e. The molecular formula is C14H12BrFN2O3. The molecule has 0 atom stereocenters. The molecule has 0 aliphatic carbocycles.